The van der Waals surface area contributed by atoms with Gasteiger partial charge in [0.2, 0.25) is 0 Å². The number of phosphoric ester groups is 2. The SMILES string of the molecule is CCCCCCCCCCCCCCCCCC(=O)OC[C@H](COP(=O)(O)OC[C@@H](O)COP(=O)(O)OC[C@@H](COC(=O)CCCCCCCCCC(C)C)OC(=O)CCCCCCCCCCCCCCC)OC(=O)CCCCCCCCCCCCCCCCCCC(C)C. The molecule has 0 aromatic carbocycles. The van der Waals surface area contributed by atoms with E-state index in [9.17, 15) is 43.2 Å². The molecule has 0 radical (unpaired) electrons. The third kappa shape index (κ3) is 72.2. The molecule has 0 fully saturated rings. The average Bonchev–Trinajstić information content (AvgIpc) is 1.42. The monoisotopic (exact) mass is 1420 g/mol. The number of unbranched alkanes of at least 4 members (excludes halogenated alkanes) is 47. The Balaban J connectivity index is 5.23. The van der Waals surface area contributed by atoms with Gasteiger partial charge in [0.15, 0.2) is 12.2 Å². The Morgan fingerprint density at radius 3 is 0.701 bits per heavy atom. The number of aliphatic hydroxyl groups excluding tert-OH is 1. The molecule has 0 amide bonds. The number of esters is 4. The van der Waals surface area contributed by atoms with E-state index in [0.29, 0.717) is 31.6 Å². The van der Waals surface area contributed by atoms with Crippen LogP contribution in [0.5, 0.6) is 0 Å². The first-order valence-electron chi connectivity index (χ1n) is 40.5. The summed E-state index contributed by atoms with van der Waals surface area (Å²) in [5.74, 6) is -0.597. The summed E-state index contributed by atoms with van der Waals surface area (Å²) in [7, 11) is -9.91. The first-order chi connectivity index (χ1) is 46.9. The molecule has 0 saturated heterocycles. The minimum atomic E-state index is -4.96. The molecule has 0 rings (SSSR count). The van der Waals surface area contributed by atoms with E-state index in [2.05, 4.69) is 41.5 Å². The summed E-state index contributed by atoms with van der Waals surface area (Å²) in [4.78, 5) is 72.9. The largest absolute Gasteiger partial charge is 0.472 e. The highest BCUT2D eigenvalue weighted by Gasteiger charge is 2.30. The van der Waals surface area contributed by atoms with Crippen LogP contribution in [0.25, 0.3) is 0 Å². The minimum Gasteiger partial charge on any atom is -0.462 e. The van der Waals surface area contributed by atoms with E-state index in [1.165, 1.54) is 218 Å². The van der Waals surface area contributed by atoms with Crippen LogP contribution in [-0.2, 0) is 65.4 Å². The van der Waals surface area contributed by atoms with Crippen molar-refractivity contribution in [3.8, 4) is 0 Å². The summed E-state index contributed by atoms with van der Waals surface area (Å²) in [5, 5.41) is 10.6. The molecule has 0 spiro atoms. The normalized spacial score (nSPS) is 14.0. The van der Waals surface area contributed by atoms with Gasteiger partial charge in [0.25, 0.3) is 0 Å². The van der Waals surface area contributed by atoms with E-state index >= 15 is 0 Å². The molecule has 0 bridgehead atoms. The Morgan fingerprint density at radius 2 is 0.474 bits per heavy atom. The molecule has 0 aliphatic rings. The Kier molecular flexibility index (Phi) is 68.4. The van der Waals surface area contributed by atoms with Gasteiger partial charge in [0.05, 0.1) is 26.4 Å². The van der Waals surface area contributed by atoms with Crippen LogP contribution in [0.3, 0.4) is 0 Å². The van der Waals surface area contributed by atoms with E-state index < -0.39 is 97.5 Å². The van der Waals surface area contributed by atoms with Gasteiger partial charge in [0.1, 0.15) is 19.3 Å². The van der Waals surface area contributed by atoms with Crippen molar-refractivity contribution in [3.05, 3.63) is 0 Å². The number of aliphatic hydroxyl groups is 1. The Labute approximate surface area is 594 Å². The molecular formula is C78H152O17P2. The maximum absolute atomic E-state index is 13.1. The van der Waals surface area contributed by atoms with E-state index in [1.807, 2.05) is 0 Å². The van der Waals surface area contributed by atoms with Crippen LogP contribution in [0, 0.1) is 11.8 Å². The highest BCUT2D eigenvalue weighted by Crippen LogP contribution is 2.45. The van der Waals surface area contributed by atoms with Gasteiger partial charge in [-0.15, -0.1) is 0 Å². The summed E-state index contributed by atoms with van der Waals surface area (Å²) in [6.07, 6.45) is 58.3. The predicted octanol–water partition coefficient (Wildman–Crippen LogP) is 23.1. The first-order valence-corrected chi connectivity index (χ1v) is 43.5. The average molecular weight is 1420 g/mol. The Hall–Kier alpha value is -1.94. The number of hydrogen-bond acceptors (Lipinski definition) is 15. The topological polar surface area (TPSA) is 237 Å². The zero-order chi connectivity index (χ0) is 71.4. The van der Waals surface area contributed by atoms with Crippen molar-refractivity contribution in [2.45, 2.75) is 426 Å². The molecule has 0 aliphatic heterocycles. The zero-order valence-corrected chi connectivity index (χ0v) is 65.2. The van der Waals surface area contributed by atoms with Gasteiger partial charge in [-0.05, 0) is 37.5 Å². The maximum atomic E-state index is 13.1. The lowest BCUT2D eigenvalue weighted by atomic mass is 10.0. The van der Waals surface area contributed by atoms with Crippen molar-refractivity contribution in [1.29, 1.82) is 0 Å². The van der Waals surface area contributed by atoms with E-state index in [-0.39, 0.29) is 25.7 Å². The van der Waals surface area contributed by atoms with Crippen molar-refractivity contribution in [3.63, 3.8) is 0 Å². The molecule has 17 nitrogen and oxygen atoms in total. The fraction of sp³-hybridized carbons (Fsp3) is 0.949. The molecule has 0 aromatic heterocycles. The van der Waals surface area contributed by atoms with Gasteiger partial charge in [0, 0.05) is 25.7 Å². The first kappa shape index (κ1) is 95.1. The summed E-state index contributed by atoms with van der Waals surface area (Å²) in [6, 6.07) is 0. The molecule has 5 atom stereocenters. The Morgan fingerprint density at radius 1 is 0.278 bits per heavy atom. The highest BCUT2D eigenvalue weighted by molar-refractivity contribution is 7.47. The number of rotatable bonds is 77. The quantitative estimate of drug-likeness (QED) is 0.0222. The standard InChI is InChI=1S/C78H152O17P2/c1-7-9-11-13-15-17-19-21-24-29-32-36-42-48-54-60-75(80)88-66-73(94-78(83)63-57-51-44-38-34-30-26-23-22-25-28-31-35-40-46-52-58-70(3)4)68-92-96(84,85)90-64-72(79)65-91-97(86,87)93-69-74(67-89-76(81)61-55-49-45-39-41-47-53-59-71(5)6)95-77(82)62-56-50-43-37-33-27-20-18-16-14-12-10-8-2/h70-74,79H,7-69H2,1-6H3,(H,84,85)(H,86,87)/t72-,73-,74-/m1/s1. The van der Waals surface area contributed by atoms with Crippen LogP contribution in [0.4, 0.5) is 0 Å². The second-order valence-electron chi connectivity index (χ2n) is 29.1. The lowest BCUT2D eigenvalue weighted by Crippen LogP contribution is -2.30. The molecule has 0 saturated carbocycles. The molecule has 97 heavy (non-hydrogen) atoms. The van der Waals surface area contributed by atoms with Gasteiger partial charge in [-0.3, -0.25) is 37.3 Å². The summed E-state index contributed by atoms with van der Waals surface area (Å²) < 4.78 is 68.6. The molecule has 576 valence electrons. The third-order valence-corrected chi connectivity index (χ3v) is 20.1. The van der Waals surface area contributed by atoms with Crippen molar-refractivity contribution in [2.75, 3.05) is 39.6 Å². The van der Waals surface area contributed by atoms with Gasteiger partial charge < -0.3 is 33.8 Å². The van der Waals surface area contributed by atoms with Gasteiger partial charge in [-0.2, -0.15) is 0 Å². The van der Waals surface area contributed by atoms with Gasteiger partial charge >= 0.3 is 39.5 Å². The summed E-state index contributed by atoms with van der Waals surface area (Å²) in [5.41, 5.74) is 0. The van der Waals surface area contributed by atoms with Gasteiger partial charge in [-0.1, -0.05) is 356 Å². The van der Waals surface area contributed by atoms with Crippen molar-refractivity contribution in [2.24, 2.45) is 11.8 Å². The van der Waals surface area contributed by atoms with Crippen LogP contribution >= 0.6 is 15.6 Å². The van der Waals surface area contributed by atoms with Crippen LogP contribution in [0.1, 0.15) is 408 Å². The lowest BCUT2D eigenvalue weighted by Gasteiger charge is -2.21. The van der Waals surface area contributed by atoms with Crippen LogP contribution in [0.2, 0.25) is 0 Å². The van der Waals surface area contributed by atoms with E-state index in [0.717, 1.165) is 102 Å². The second kappa shape index (κ2) is 69.8. The predicted molar refractivity (Wildman–Crippen MR) is 395 cm³/mol. The van der Waals surface area contributed by atoms with E-state index in [4.69, 9.17) is 37.0 Å². The lowest BCUT2D eigenvalue weighted by molar-refractivity contribution is -0.161. The number of carbonyl (C=O) groups excluding carboxylic acids is 4. The summed E-state index contributed by atoms with van der Waals surface area (Å²) >= 11 is 0. The number of phosphoric acid groups is 2. The van der Waals surface area contributed by atoms with Crippen molar-refractivity contribution < 1.29 is 80.2 Å². The zero-order valence-electron chi connectivity index (χ0n) is 63.4. The van der Waals surface area contributed by atoms with Crippen LogP contribution in [0.15, 0.2) is 0 Å². The summed E-state index contributed by atoms with van der Waals surface area (Å²) in [6.45, 7) is 9.59. The van der Waals surface area contributed by atoms with Crippen LogP contribution < -0.4 is 0 Å². The fourth-order valence-corrected chi connectivity index (χ4v) is 13.6. The number of carbonyl (C=O) groups is 4. The number of ether oxygens (including phenoxy) is 4. The third-order valence-electron chi connectivity index (χ3n) is 18.2. The number of hydrogen-bond donors (Lipinski definition) is 3. The Bertz CT molecular complexity index is 1870. The second-order valence-corrected chi connectivity index (χ2v) is 32.0. The van der Waals surface area contributed by atoms with Crippen molar-refractivity contribution >= 4 is 39.5 Å². The molecule has 2 unspecified atom stereocenters. The fourth-order valence-electron chi connectivity index (χ4n) is 12.0. The smallest absolute Gasteiger partial charge is 0.462 e. The highest BCUT2D eigenvalue weighted by atomic mass is 31.2. The molecule has 0 aromatic rings. The van der Waals surface area contributed by atoms with Gasteiger partial charge in [-0.25, -0.2) is 9.13 Å². The molecule has 0 heterocycles. The minimum absolute atomic E-state index is 0.107. The van der Waals surface area contributed by atoms with Crippen molar-refractivity contribution in [1.82, 2.24) is 0 Å². The molecule has 19 heteroatoms. The maximum Gasteiger partial charge on any atom is 0.472 e. The molecule has 3 N–H and O–H groups in total. The van der Waals surface area contributed by atoms with E-state index in [1.54, 1.807) is 0 Å². The molecule has 0 aliphatic carbocycles. The van der Waals surface area contributed by atoms with Crippen LogP contribution in [-0.4, -0.2) is 96.7 Å². The molecular weight excluding hydrogens is 1270 g/mol.